The number of anilines is 1. The van der Waals surface area contributed by atoms with Crippen molar-refractivity contribution in [1.82, 2.24) is 19.6 Å². The van der Waals surface area contributed by atoms with Gasteiger partial charge in [0.25, 0.3) is 10.0 Å². The zero-order chi connectivity index (χ0) is 14.8. The van der Waals surface area contributed by atoms with Crippen LogP contribution in [-0.4, -0.2) is 39.1 Å². The smallest absolute Gasteiger partial charge is 0.305 e. The Hall–Kier alpha value is -2.36. The molecule has 0 fully saturated rings. The number of aliphatic carboxylic acids is 1. The molecule has 0 spiro atoms. The van der Waals surface area contributed by atoms with Crippen LogP contribution in [0.3, 0.4) is 0 Å². The fourth-order valence-corrected chi connectivity index (χ4v) is 2.43. The van der Waals surface area contributed by atoms with Crippen molar-refractivity contribution in [2.24, 2.45) is 7.05 Å². The maximum absolute atomic E-state index is 12.0. The topological polar surface area (TPSA) is 119 Å². The first-order chi connectivity index (χ1) is 9.37. The average molecular weight is 299 g/mol. The highest BCUT2D eigenvalue weighted by Gasteiger charge is 2.17. The van der Waals surface area contributed by atoms with E-state index in [1.54, 1.807) is 13.2 Å². The van der Waals surface area contributed by atoms with Crippen molar-refractivity contribution in [3.8, 4) is 0 Å². The van der Waals surface area contributed by atoms with Gasteiger partial charge in [-0.15, -0.1) is 0 Å². The van der Waals surface area contributed by atoms with E-state index in [1.165, 1.54) is 21.6 Å². The van der Waals surface area contributed by atoms with Gasteiger partial charge in [-0.1, -0.05) is 0 Å². The van der Waals surface area contributed by atoms with Gasteiger partial charge in [0.1, 0.15) is 4.90 Å². The summed E-state index contributed by atoms with van der Waals surface area (Å²) in [4.78, 5) is 10.4. The summed E-state index contributed by atoms with van der Waals surface area (Å²) in [6.45, 7) is 0.106. The van der Waals surface area contributed by atoms with Crippen molar-refractivity contribution >= 4 is 21.8 Å². The molecule has 2 aromatic rings. The van der Waals surface area contributed by atoms with Crippen LogP contribution in [0.1, 0.15) is 6.42 Å². The maximum Gasteiger partial charge on any atom is 0.305 e. The van der Waals surface area contributed by atoms with Crippen LogP contribution in [0.25, 0.3) is 0 Å². The average Bonchev–Trinajstić information content (AvgIpc) is 2.95. The Balaban J connectivity index is 2.11. The zero-order valence-electron chi connectivity index (χ0n) is 10.6. The van der Waals surface area contributed by atoms with Crippen LogP contribution in [0, 0.1) is 0 Å². The number of carbonyl (C=O) groups is 1. The van der Waals surface area contributed by atoms with E-state index in [0.29, 0.717) is 0 Å². The number of hydrogen-bond donors (Lipinski definition) is 2. The van der Waals surface area contributed by atoms with Crippen molar-refractivity contribution < 1.29 is 18.3 Å². The van der Waals surface area contributed by atoms with Gasteiger partial charge in [0.2, 0.25) is 0 Å². The zero-order valence-corrected chi connectivity index (χ0v) is 11.4. The lowest BCUT2D eigenvalue weighted by molar-refractivity contribution is -0.137. The predicted molar refractivity (Wildman–Crippen MR) is 68.5 cm³/mol. The SMILES string of the molecule is Cn1ccc(NS(=O)(=O)c2cnn(CCC(=O)O)c2)n1. The molecule has 2 N–H and O–H groups in total. The van der Waals surface area contributed by atoms with Crippen molar-refractivity contribution in [3.05, 3.63) is 24.7 Å². The molecule has 0 radical (unpaired) electrons. The molecule has 0 aromatic carbocycles. The number of aryl methyl sites for hydroxylation is 2. The first-order valence-corrected chi connectivity index (χ1v) is 7.12. The Morgan fingerprint density at radius 1 is 1.50 bits per heavy atom. The summed E-state index contributed by atoms with van der Waals surface area (Å²) in [5, 5.41) is 16.3. The summed E-state index contributed by atoms with van der Waals surface area (Å²) in [5.74, 6) is -0.776. The van der Waals surface area contributed by atoms with E-state index in [4.69, 9.17) is 5.11 Å². The lowest BCUT2D eigenvalue weighted by Crippen LogP contribution is -2.13. The van der Waals surface area contributed by atoms with Gasteiger partial charge in [-0.2, -0.15) is 10.2 Å². The first kappa shape index (κ1) is 14.1. The van der Waals surface area contributed by atoms with Crippen molar-refractivity contribution in [1.29, 1.82) is 0 Å². The molecule has 10 heteroatoms. The van der Waals surface area contributed by atoms with Gasteiger partial charge in [0, 0.05) is 25.5 Å². The van der Waals surface area contributed by atoms with Crippen LogP contribution in [0.4, 0.5) is 5.82 Å². The van der Waals surface area contributed by atoms with Gasteiger partial charge in [0.15, 0.2) is 5.82 Å². The molecular formula is C10H13N5O4S. The Bertz CT molecular complexity index is 718. The maximum atomic E-state index is 12.0. The van der Waals surface area contributed by atoms with Crippen LogP contribution >= 0.6 is 0 Å². The van der Waals surface area contributed by atoms with Crippen molar-refractivity contribution in [2.75, 3.05) is 4.72 Å². The number of aromatic nitrogens is 4. The Labute approximate surface area is 114 Å². The highest BCUT2D eigenvalue weighted by atomic mass is 32.2. The number of rotatable bonds is 6. The minimum Gasteiger partial charge on any atom is -0.481 e. The number of nitrogens with one attached hydrogen (secondary N) is 1. The predicted octanol–water partition coefficient (Wildman–Crippen LogP) is -0.108. The molecule has 0 aliphatic heterocycles. The number of sulfonamides is 1. The molecule has 20 heavy (non-hydrogen) atoms. The van der Waals surface area contributed by atoms with Gasteiger partial charge in [-0.25, -0.2) is 8.42 Å². The standard InChI is InChI=1S/C10H13N5O4S/c1-14-4-2-9(12-14)13-20(18,19)8-6-11-15(7-8)5-3-10(16)17/h2,4,6-7H,3,5H2,1H3,(H,12,13)(H,16,17). The minimum atomic E-state index is -3.77. The fourth-order valence-electron chi connectivity index (χ4n) is 1.48. The Kier molecular flexibility index (Phi) is 3.74. The van der Waals surface area contributed by atoms with E-state index in [0.717, 1.165) is 6.20 Å². The lowest BCUT2D eigenvalue weighted by Gasteiger charge is -2.02. The third kappa shape index (κ3) is 3.35. The van der Waals surface area contributed by atoms with E-state index in [-0.39, 0.29) is 23.7 Å². The Morgan fingerprint density at radius 2 is 2.25 bits per heavy atom. The van der Waals surface area contributed by atoms with Gasteiger partial charge >= 0.3 is 5.97 Å². The molecule has 0 saturated carbocycles. The third-order valence-electron chi connectivity index (χ3n) is 2.43. The molecule has 0 aliphatic rings. The molecule has 2 heterocycles. The highest BCUT2D eigenvalue weighted by molar-refractivity contribution is 7.92. The molecule has 108 valence electrons. The van der Waals surface area contributed by atoms with Crippen LogP contribution in [0.2, 0.25) is 0 Å². The van der Waals surface area contributed by atoms with Crippen LogP contribution in [0.15, 0.2) is 29.6 Å². The molecule has 9 nitrogen and oxygen atoms in total. The lowest BCUT2D eigenvalue weighted by atomic mass is 10.4. The monoisotopic (exact) mass is 299 g/mol. The third-order valence-corrected chi connectivity index (χ3v) is 3.74. The number of hydrogen-bond acceptors (Lipinski definition) is 5. The van der Waals surface area contributed by atoms with Crippen molar-refractivity contribution in [2.45, 2.75) is 17.9 Å². The molecule has 0 saturated heterocycles. The molecule has 0 atom stereocenters. The second-order valence-corrected chi connectivity index (χ2v) is 5.75. The summed E-state index contributed by atoms with van der Waals surface area (Å²) in [5.41, 5.74) is 0. The molecule has 2 aromatic heterocycles. The Morgan fingerprint density at radius 3 is 2.85 bits per heavy atom. The normalized spacial score (nSPS) is 11.4. The van der Waals surface area contributed by atoms with E-state index >= 15 is 0 Å². The van der Waals surface area contributed by atoms with E-state index < -0.39 is 16.0 Å². The van der Waals surface area contributed by atoms with Gasteiger partial charge in [-0.3, -0.25) is 18.9 Å². The number of nitrogens with zero attached hydrogens (tertiary/aromatic N) is 4. The molecule has 2 rings (SSSR count). The second-order valence-electron chi connectivity index (χ2n) is 4.06. The van der Waals surface area contributed by atoms with Gasteiger partial charge in [-0.05, 0) is 0 Å². The van der Waals surface area contributed by atoms with Crippen LogP contribution < -0.4 is 4.72 Å². The summed E-state index contributed by atoms with van der Waals surface area (Å²) in [6, 6.07) is 1.52. The largest absolute Gasteiger partial charge is 0.481 e. The summed E-state index contributed by atoms with van der Waals surface area (Å²) >= 11 is 0. The van der Waals surface area contributed by atoms with Crippen molar-refractivity contribution in [3.63, 3.8) is 0 Å². The molecule has 0 amide bonds. The summed E-state index contributed by atoms with van der Waals surface area (Å²) in [6.07, 6.45) is 3.91. The second kappa shape index (κ2) is 5.33. The summed E-state index contributed by atoms with van der Waals surface area (Å²) in [7, 11) is -2.11. The first-order valence-electron chi connectivity index (χ1n) is 5.63. The number of carboxylic acid groups (broad SMARTS) is 1. The van der Waals surface area contributed by atoms with E-state index in [1.807, 2.05) is 0 Å². The van der Waals surface area contributed by atoms with Gasteiger partial charge in [0.05, 0.1) is 19.2 Å². The van der Waals surface area contributed by atoms with E-state index in [9.17, 15) is 13.2 Å². The van der Waals surface area contributed by atoms with Gasteiger partial charge < -0.3 is 5.11 Å². The molecular weight excluding hydrogens is 286 g/mol. The fraction of sp³-hybridized carbons (Fsp3) is 0.300. The van der Waals surface area contributed by atoms with Crippen LogP contribution in [-0.2, 0) is 28.4 Å². The van der Waals surface area contributed by atoms with Crippen LogP contribution in [0.5, 0.6) is 0 Å². The quantitative estimate of drug-likeness (QED) is 0.768. The highest BCUT2D eigenvalue weighted by Crippen LogP contribution is 2.13. The molecule has 0 aliphatic carbocycles. The van der Waals surface area contributed by atoms with E-state index in [2.05, 4.69) is 14.9 Å². The summed E-state index contributed by atoms with van der Waals surface area (Å²) < 4.78 is 29.1. The molecule has 0 bridgehead atoms. The molecule has 0 unspecified atom stereocenters. The number of carboxylic acids is 1. The minimum absolute atomic E-state index is 0.0476.